The summed E-state index contributed by atoms with van der Waals surface area (Å²) in [6.45, 7) is 0. The van der Waals surface area contributed by atoms with Crippen LogP contribution in [0, 0.1) is 0 Å². The van der Waals surface area contributed by atoms with Crippen molar-refractivity contribution in [3.05, 3.63) is 51.0 Å². The van der Waals surface area contributed by atoms with Crippen LogP contribution in [-0.4, -0.2) is 20.0 Å². The minimum atomic E-state index is -0.268. The van der Waals surface area contributed by atoms with Gasteiger partial charge >= 0.3 is 0 Å². The van der Waals surface area contributed by atoms with Crippen molar-refractivity contribution in [2.45, 2.75) is 0 Å². The van der Waals surface area contributed by atoms with Crippen molar-refractivity contribution < 1.29 is 14.3 Å². The van der Waals surface area contributed by atoms with Crippen molar-refractivity contribution in [1.29, 1.82) is 0 Å². The first-order valence-corrected chi connectivity index (χ1v) is 7.17. The molecular formula is C15H13BrClNO3. The second-order valence-electron chi connectivity index (χ2n) is 4.22. The van der Waals surface area contributed by atoms with Gasteiger partial charge in [0.15, 0.2) is 5.78 Å². The van der Waals surface area contributed by atoms with Crippen LogP contribution in [0.2, 0.25) is 5.02 Å². The monoisotopic (exact) mass is 369 g/mol. The third-order valence-electron chi connectivity index (χ3n) is 2.99. The maximum atomic E-state index is 12.7. The van der Waals surface area contributed by atoms with Crippen LogP contribution in [0.15, 0.2) is 34.8 Å². The van der Waals surface area contributed by atoms with Crippen molar-refractivity contribution in [3.8, 4) is 11.5 Å². The summed E-state index contributed by atoms with van der Waals surface area (Å²) < 4.78 is 11.1. The number of anilines is 1. The molecule has 4 nitrogen and oxygen atoms in total. The zero-order valence-electron chi connectivity index (χ0n) is 11.4. The van der Waals surface area contributed by atoms with E-state index in [1.807, 2.05) is 0 Å². The normalized spacial score (nSPS) is 10.3. The van der Waals surface area contributed by atoms with Gasteiger partial charge in [-0.05, 0) is 46.3 Å². The van der Waals surface area contributed by atoms with Gasteiger partial charge in [0.1, 0.15) is 16.0 Å². The molecule has 0 bridgehead atoms. The van der Waals surface area contributed by atoms with Gasteiger partial charge in [-0.25, -0.2) is 0 Å². The molecule has 0 heterocycles. The average molecular weight is 371 g/mol. The first kappa shape index (κ1) is 15.7. The number of hydrogen-bond acceptors (Lipinski definition) is 4. The molecule has 2 aromatic carbocycles. The number of ether oxygens (including phenoxy) is 2. The molecule has 0 amide bonds. The summed E-state index contributed by atoms with van der Waals surface area (Å²) in [6.07, 6.45) is 0. The van der Waals surface area contributed by atoms with Crippen LogP contribution in [0.25, 0.3) is 0 Å². The Bertz CT molecular complexity index is 704. The van der Waals surface area contributed by atoms with Crippen molar-refractivity contribution in [2.75, 3.05) is 20.0 Å². The molecule has 0 aliphatic rings. The molecule has 0 radical (unpaired) electrons. The highest BCUT2D eigenvalue weighted by atomic mass is 79.9. The van der Waals surface area contributed by atoms with Gasteiger partial charge in [-0.2, -0.15) is 0 Å². The van der Waals surface area contributed by atoms with E-state index in [0.29, 0.717) is 37.8 Å². The lowest BCUT2D eigenvalue weighted by Gasteiger charge is -2.13. The van der Waals surface area contributed by atoms with E-state index < -0.39 is 0 Å². The van der Waals surface area contributed by atoms with Crippen molar-refractivity contribution in [3.63, 3.8) is 0 Å². The van der Waals surface area contributed by atoms with Gasteiger partial charge in [0.25, 0.3) is 0 Å². The fourth-order valence-electron chi connectivity index (χ4n) is 1.94. The number of benzene rings is 2. The minimum absolute atomic E-state index is 0.268. The predicted molar refractivity (Wildman–Crippen MR) is 86.5 cm³/mol. The van der Waals surface area contributed by atoms with Crippen LogP contribution in [0.3, 0.4) is 0 Å². The topological polar surface area (TPSA) is 61.5 Å². The molecule has 0 aliphatic heterocycles. The Morgan fingerprint density at radius 3 is 2.48 bits per heavy atom. The van der Waals surface area contributed by atoms with Gasteiger partial charge in [-0.3, -0.25) is 4.79 Å². The molecule has 110 valence electrons. The van der Waals surface area contributed by atoms with Crippen molar-refractivity contribution in [1.82, 2.24) is 0 Å². The molecule has 2 N–H and O–H groups in total. The van der Waals surface area contributed by atoms with E-state index in [9.17, 15) is 4.79 Å². The number of hydrogen-bond donors (Lipinski definition) is 1. The summed E-state index contributed by atoms with van der Waals surface area (Å²) in [7, 11) is 3.02. The van der Waals surface area contributed by atoms with Crippen LogP contribution in [-0.2, 0) is 0 Å². The van der Waals surface area contributed by atoms with E-state index in [1.165, 1.54) is 20.3 Å². The summed E-state index contributed by atoms with van der Waals surface area (Å²) in [6, 6.07) is 8.08. The van der Waals surface area contributed by atoms with Crippen LogP contribution < -0.4 is 15.2 Å². The highest BCUT2D eigenvalue weighted by Crippen LogP contribution is 2.38. The lowest BCUT2D eigenvalue weighted by molar-refractivity contribution is 0.103. The first-order chi connectivity index (χ1) is 9.99. The van der Waals surface area contributed by atoms with Gasteiger partial charge in [-0.1, -0.05) is 11.6 Å². The molecule has 0 aliphatic carbocycles. The number of ketones is 1. The Kier molecular flexibility index (Phi) is 4.75. The summed E-state index contributed by atoms with van der Waals surface area (Å²) in [4.78, 5) is 12.7. The van der Waals surface area contributed by atoms with Crippen molar-refractivity contribution in [2.24, 2.45) is 0 Å². The van der Waals surface area contributed by atoms with Crippen LogP contribution in [0.1, 0.15) is 15.9 Å². The molecule has 0 aromatic heterocycles. The van der Waals surface area contributed by atoms with Gasteiger partial charge in [0.2, 0.25) is 0 Å². The second-order valence-corrected chi connectivity index (χ2v) is 5.45. The number of carbonyl (C=O) groups excluding carboxylic acids is 1. The Labute approximate surface area is 135 Å². The number of methoxy groups -OCH3 is 2. The molecule has 21 heavy (non-hydrogen) atoms. The van der Waals surface area contributed by atoms with Gasteiger partial charge in [0.05, 0.1) is 19.8 Å². The fraction of sp³-hybridized carbons (Fsp3) is 0.133. The van der Waals surface area contributed by atoms with E-state index in [2.05, 4.69) is 15.9 Å². The Hall–Kier alpha value is -1.72. The van der Waals surface area contributed by atoms with Crippen LogP contribution in [0.4, 0.5) is 5.69 Å². The van der Waals surface area contributed by atoms with E-state index in [0.717, 1.165) is 0 Å². The van der Waals surface area contributed by atoms with E-state index in [4.69, 9.17) is 26.8 Å². The molecule has 0 saturated heterocycles. The predicted octanol–water partition coefficient (Wildman–Crippen LogP) is 3.93. The second kappa shape index (κ2) is 6.37. The number of nitrogens with two attached hydrogens (primary N) is 1. The summed E-state index contributed by atoms with van der Waals surface area (Å²) >= 11 is 9.30. The molecule has 0 unspecified atom stereocenters. The van der Waals surface area contributed by atoms with Gasteiger partial charge < -0.3 is 15.2 Å². The molecule has 0 spiro atoms. The third-order valence-corrected chi connectivity index (χ3v) is 3.98. The fourth-order valence-corrected chi connectivity index (χ4v) is 2.79. The van der Waals surface area contributed by atoms with E-state index >= 15 is 0 Å². The Morgan fingerprint density at radius 1 is 1.14 bits per heavy atom. The van der Waals surface area contributed by atoms with E-state index in [-0.39, 0.29) is 5.78 Å². The lowest BCUT2D eigenvalue weighted by Crippen LogP contribution is -2.08. The molecule has 0 atom stereocenters. The summed E-state index contributed by atoms with van der Waals surface area (Å²) in [5.41, 5.74) is 6.92. The average Bonchev–Trinajstić information content (AvgIpc) is 2.48. The quantitative estimate of drug-likeness (QED) is 0.654. The molecule has 0 saturated carbocycles. The Morgan fingerprint density at radius 2 is 1.86 bits per heavy atom. The number of carbonyl (C=O) groups is 1. The highest BCUT2D eigenvalue weighted by molar-refractivity contribution is 9.10. The number of halogens is 2. The largest absolute Gasteiger partial charge is 0.495 e. The van der Waals surface area contributed by atoms with Gasteiger partial charge in [0, 0.05) is 16.3 Å². The summed E-state index contributed by atoms with van der Waals surface area (Å²) in [5, 5.41) is 0.444. The smallest absolute Gasteiger partial charge is 0.198 e. The van der Waals surface area contributed by atoms with Gasteiger partial charge in [-0.15, -0.1) is 0 Å². The molecule has 2 aromatic rings. The molecule has 2 rings (SSSR count). The highest BCUT2D eigenvalue weighted by Gasteiger charge is 2.21. The molecular weight excluding hydrogens is 358 g/mol. The summed E-state index contributed by atoms with van der Waals surface area (Å²) in [5.74, 6) is 0.691. The first-order valence-electron chi connectivity index (χ1n) is 5.99. The molecule has 0 fully saturated rings. The van der Waals surface area contributed by atoms with E-state index in [1.54, 1.807) is 24.3 Å². The standard InChI is InChI=1S/C15H13BrClNO3/c1-20-12-6-4-9(15(21-2)13(12)16)14(19)10-7-8(17)3-5-11(10)18/h3-7H,18H2,1-2H3. The minimum Gasteiger partial charge on any atom is -0.495 e. The zero-order valence-corrected chi connectivity index (χ0v) is 13.8. The maximum Gasteiger partial charge on any atom is 0.198 e. The van der Waals surface area contributed by atoms with Crippen LogP contribution in [0.5, 0.6) is 11.5 Å². The molecule has 6 heteroatoms. The van der Waals surface area contributed by atoms with Crippen LogP contribution >= 0.6 is 27.5 Å². The third kappa shape index (κ3) is 2.99. The lowest BCUT2D eigenvalue weighted by atomic mass is 10.0. The number of rotatable bonds is 4. The SMILES string of the molecule is COc1ccc(C(=O)c2cc(Cl)ccc2N)c(OC)c1Br. The maximum absolute atomic E-state index is 12.7. The number of nitrogen functional groups attached to an aromatic ring is 1. The Balaban J connectivity index is 2.58. The zero-order chi connectivity index (χ0) is 15.6. The van der Waals surface area contributed by atoms with Crippen molar-refractivity contribution >= 4 is 39.0 Å².